The number of rotatable bonds is 15. The van der Waals surface area contributed by atoms with Crippen molar-refractivity contribution in [3.05, 3.63) is 89.8 Å². The van der Waals surface area contributed by atoms with E-state index in [2.05, 4.69) is 41.3 Å². The predicted molar refractivity (Wildman–Crippen MR) is 289 cm³/mol. The number of aromatic hydroxyl groups is 1. The molecule has 1 spiro atoms. The van der Waals surface area contributed by atoms with Gasteiger partial charge in [-0.1, -0.05) is 97.1 Å². The van der Waals surface area contributed by atoms with Crippen LogP contribution in [0.3, 0.4) is 0 Å². The summed E-state index contributed by atoms with van der Waals surface area (Å²) in [6.45, 7) is 16.4. The van der Waals surface area contributed by atoms with E-state index in [9.17, 15) is 53.6 Å². The van der Waals surface area contributed by atoms with Gasteiger partial charge in [0.05, 0.1) is 30.3 Å². The summed E-state index contributed by atoms with van der Waals surface area (Å²) in [7, 11) is 0. The molecule has 426 valence electrons. The number of hydrogen-bond donors (Lipinski definition) is 8. The monoisotopic (exact) mass is 1080 g/mol. The average Bonchev–Trinajstić information content (AvgIpc) is 3.39. The summed E-state index contributed by atoms with van der Waals surface area (Å²) < 4.78 is 27.4. The van der Waals surface area contributed by atoms with Crippen LogP contribution in [0.25, 0.3) is 0 Å². The zero-order chi connectivity index (χ0) is 56.7. The van der Waals surface area contributed by atoms with Crippen LogP contribution in [0, 0.1) is 47.2 Å². The molecule has 4 aliphatic heterocycles. The molecule has 1 aromatic rings. The number of ether oxygens (including phenoxy) is 2. The smallest absolute Gasteiger partial charge is 0.325 e. The molecule has 77 heavy (non-hydrogen) atoms. The van der Waals surface area contributed by atoms with Crippen LogP contribution >= 0.6 is 0 Å². The minimum Gasteiger partial charge on any atom is -0.508 e. The fourth-order valence-electron chi connectivity index (χ4n) is 10.5. The second kappa shape index (κ2) is 28.9. The number of piperidine rings is 1. The van der Waals surface area contributed by atoms with Gasteiger partial charge in [-0.2, -0.15) is 0 Å². The van der Waals surface area contributed by atoms with Crippen molar-refractivity contribution in [2.24, 2.45) is 41.4 Å². The Hall–Kier alpha value is -5.53. The SMILES string of the molecule is CC[C@H]1C[C@H](C)[C@@]2(C=C[C@@H](C)[C@H](C[C@H](O)[C@@H](C)CC/C=C/C=C(\C)[C@@H]3C/C=C/C=C/[C@H](O)[C@H](C)[C@@H](O)[C@@H](CCC(C)=O)C(=O)N[C@@H](C(C)C)C(=O)N[C@@H](Cc4cc(O)cc(F)c4)C(=O)N4CCCC(N4)C(=O)O3)O2)NC1=O. The zero-order valence-corrected chi connectivity index (χ0v) is 46.5. The summed E-state index contributed by atoms with van der Waals surface area (Å²) in [5.41, 5.74) is 2.98. The van der Waals surface area contributed by atoms with Gasteiger partial charge in [0.1, 0.15) is 41.6 Å². The molecular weight excluding hydrogens is 990 g/mol. The van der Waals surface area contributed by atoms with E-state index in [1.165, 1.54) is 24.1 Å². The Morgan fingerprint density at radius 2 is 1.73 bits per heavy atom. The fourth-order valence-corrected chi connectivity index (χ4v) is 10.5. The van der Waals surface area contributed by atoms with Gasteiger partial charge in [-0.25, -0.2) is 9.82 Å². The number of allylic oxidation sites excluding steroid dienone is 5. The van der Waals surface area contributed by atoms with Crippen LogP contribution in [0.4, 0.5) is 4.39 Å². The molecule has 15 atom stereocenters. The lowest BCUT2D eigenvalue weighted by Crippen LogP contribution is -2.62. The maximum Gasteiger partial charge on any atom is 0.325 e. The molecule has 4 amide bonds. The van der Waals surface area contributed by atoms with Gasteiger partial charge in [-0.15, -0.1) is 0 Å². The first-order valence-electron chi connectivity index (χ1n) is 27.7. The third-order valence-corrected chi connectivity index (χ3v) is 15.8. The number of ketones is 1. The van der Waals surface area contributed by atoms with Crippen LogP contribution in [-0.2, 0) is 44.7 Å². The minimum atomic E-state index is -1.46. The number of phenols is 1. The fraction of sp³-hybridized carbons (Fsp3) is 0.627. The van der Waals surface area contributed by atoms with E-state index in [0.29, 0.717) is 37.7 Å². The number of Topliss-reactive ketones (excluding diaryl/α,β-unsaturated/α-hetero) is 1. The first-order valence-corrected chi connectivity index (χ1v) is 27.7. The first-order chi connectivity index (χ1) is 36.4. The number of carbonyl (C=O) groups is 6. The Morgan fingerprint density at radius 3 is 2.42 bits per heavy atom. The number of carbonyl (C=O) groups excluding carboxylic acids is 6. The lowest BCUT2D eigenvalue weighted by atomic mass is 9.78. The maximum absolute atomic E-state index is 14.6. The van der Waals surface area contributed by atoms with E-state index < -0.39 is 101 Å². The number of phenolic OH excluding ortho intramolecular Hbond substituents is 1. The van der Waals surface area contributed by atoms with Crippen molar-refractivity contribution < 1.29 is 63.1 Å². The molecule has 0 saturated carbocycles. The van der Waals surface area contributed by atoms with E-state index in [1.54, 1.807) is 39.0 Å². The summed E-state index contributed by atoms with van der Waals surface area (Å²) in [5, 5.41) is 54.2. The van der Waals surface area contributed by atoms with Crippen molar-refractivity contribution in [2.75, 3.05) is 6.54 Å². The van der Waals surface area contributed by atoms with Crippen molar-refractivity contribution in [2.45, 2.75) is 187 Å². The van der Waals surface area contributed by atoms with E-state index in [-0.39, 0.29) is 79.3 Å². The van der Waals surface area contributed by atoms with Crippen LogP contribution in [0.15, 0.2) is 78.5 Å². The van der Waals surface area contributed by atoms with Gasteiger partial charge in [-0.05, 0) is 100.0 Å². The lowest BCUT2D eigenvalue weighted by molar-refractivity contribution is -0.174. The minimum absolute atomic E-state index is 0.00735. The molecule has 0 aliphatic carbocycles. The van der Waals surface area contributed by atoms with Crippen LogP contribution in [0.1, 0.15) is 132 Å². The average molecular weight is 1080 g/mol. The lowest BCUT2D eigenvalue weighted by Gasteiger charge is -2.48. The molecule has 4 aliphatic rings. The number of amides is 4. The molecule has 2 saturated heterocycles. The van der Waals surface area contributed by atoms with Crippen LogP contribution in [0.5, 0.6) is 5.75 Å². The molecule has 2 bridgehead atoms. The molecule has 8 N–H and O–H groups in total. The van der Waals surface area contributed by atoms with Gasteiger partial charge in [-0.3, -0.25) is 29.0 Å². The van der Waals surface area contributed by atoms with Crippen molar-refractivity contribution in [3.63, 3.8) is 0 Å². The molecular formula is C59H86FN5O12. The number of aliphatic hydroxyl groups excluding tert-OH is 3. The maximum atomic E-state index is 14.6. The van der Waals surface area contributed by atoms with Crippen LogP contribution < -0.4 is 21.4 Å². The van der Waals surface area contributed by atoms with Crippen LogP contribution in [0.2, 0.25) is 0 Å². The second-order valence-electron chi connectivity index (χ2n) is 22.4. The van der Waals surface area contributed by atoms with Gasteiger partial charge in [0.2, 0.25) is 17.7 Å². The van der Waals surface area contributed by atoms with Gasteiger partial charge in [0, 0.05) is 62.0 Å². The highest BCUT2D eigenvalue weighted by Gasteiger charge is 2.48. The Balaban J connectivity index is 1.35. The van der Waals surface area contributed by atoms with Gasteiger partial charge >= 0.3 is 5.97 Å². The number of aliphatic hydroxyl groups is 3. The van der Waals surface area contributed by atoms with Crippen molar-refractivity contribution >= 4 is 35.4 Å². The van der Waals surface area contributed by atoms with Crippen molar-refractivity contribution in [1.29, 1.82) is 0 Å². The molecule has 5 rings (SSSR count). The summed E-state index contributed by atoms with van der Waals surface area (Å²) in [6, 6.07) is -0.367. The number of halogens is 1. The Bertz CT molecular complexity index is 2350. The first kappa shape index (κ1) is 62.3. The standard InChI is InChI=1S/C59H86FN5O12/c1-10-42-28-38(7)59(63-54(42)71)26-25-37(6)51(77-59)33-49(69)35(4)18-13-11-14-19-36(5)50-22-16-12-15-21-48(68)40(9)53(70)45(24-23-39(8)66)55(72)62-52(34(2)3)56(73)61-47(31-41-29-43(60)32-44(67)30-41)57(74)65-27-17-20-46(64-65)58(75)76-50/h11-12,14-16,19,21,25-26,29-30,32,34-35,37-38,40,42,45-53,64,67-70H,10,13,17-18,20,22-24,27-28,31,33H2,1-9H3,(H,61,73)(H,62,72)(H,63,71)/b14-11+,16-12+,21-15+,36-19+/t35-,37+,38-,40-,42-,45+,46?,47-,48-,49-,50-,51-,52-,53+,59-/m0/s1. The molecule has 1 unspecified atom stereocenters. The van der Waals surface area contributed by atoms with E-state index >= 15 is 0 Å². The summed E-state index contributed by atoms with van der Waals surface area (Å²) in [6.07, 6.45) is 15.4. The predicted octanol–water partition coefficient (Wildman–Crippen LogP) is 6.11. The number of hydrogen-bond acceptors (Lipinski definition) is 13. The quantitative estimate of drug-likeness (QED) is 0.0562. The zero-order valence-electron chi connectivity index (χ0n) is 46.5. The highest BCUT2D eigenvalue weighted by atomic mass is 19.1. The second-order valence-corrected chi connectivity index (χ2v) is 22.4. The van der Waals surface area contributed by atoms with E-state index in [4.69, 9.17) is 9.47 Å². The van der Waals surface area contributed by atoms with Crippen molar-refractivity contribution in [3.8, 4) is 5.75 Å². The van der Waals surface area contributed by atoms with Gasteiger partial charge in [0.15, 0.2) is 5.72 Å². The molecule has 0 aromatic heterocycles. The number of nitrogens with zero attached hydrogens (tertiary/aromatic N) is 1. The number of fused-ring (bicyclic) bond motifs is 2. The highest BCUT2D eigenvalue weighted by molar-refractivity contribution is 5.93. The third-order valence-electron chi connectivity index (χ3n) is 15.8. The Labute approximate surface area is 454 Å². The van der Waals surface area contributed by atoms with Crippen molar-refractivity contribution in [1.82, 2.24) is 26.4 Å². The molecule has 1 aromatic carbocycles. The summed E-state index contributed by atoms with van der Waals surface area (Å²) >= 11 is 0. The molecule has 17 nitrogen and oxygen atoms in total. The van der Waals surface area contributed by atoms with Gasteiger partial charge in [0.25, 0.3) is 5.91 Å². The Kier molecular flexibility index (Phi) is 23.4. The summed E-state index contributed by atoms with van der Waals surface area (Å²) in [5.74, 6) is -6.95. The molecule has 4 heterocycles. The number of cyclic esters (lactones) is 1. The number of nitrogens with one attached hydrogen (secondary N) is 4. The molecule has 0 radical (unpaired) electrons. The number of hydrazine groups is 1. The molecule has 2 fully saturated rings. The van der Waals surface area contributed by atoms with Crippen LogP contribution in [-0.4, -0.2) is 122 Å². The normalized spacial score (nSPS) is 33.1. The number of esters is 1. The Morgan fingerprint density at radius 1 is 0.987 bits per heavy atom. The summed E-state index contributed by atoms with van der Waals surface area (Å²) in [4.78, 5) is 81.9. The number of benzene rings is 1. The third kappa shape index (κ3) is 17.5. The topological polar surface area (TPSA) is 253 Å². The molecule has 18 heteroatoms. The van der Waals surface area contributed by atoms with E-state index in [0.717, 1.165) is 25.0 Å². The highest BCUT2D eigenvalue weighted by Crippen LogP contribution is 2.39. The van der Waals surface area contributed by atoms with Gasteiger partial charge < -0.3 is 50.6 Å². The van der Waals surface area contributed by atoms with E-state index in [1.807, 2.05) is 45.1 Å². The largest absolute Gasteiger partial charge is 0.508 e.